The lowest BCUT2D eigenvalue weighted by atomic mass is 10.3. The highest BCUT2D eigenvalue weighted by molar-refractivity contribution is 7.99. The molecule has 0 aromatic heterocycles. The number of carbonyl (C=O) groups is 1. The van der Waals surface area contributed by atoms with Crippen molar-refractivity contribution >= 4 is 33.7 Å². The van der Waals surface area contributed by atoms with Gasteiger partial charge in [0.05, 0.1) is 18.9 Å². The van der Waals surface area contributed by atoms with Crippen LogP contribution in [0.25, 0.3) is 0 Å². The van der Waals surface area contributed by atoms with Crippen molar-refractivity contribution in [3.05, 3.63) is 24.3 Å². The van der Waals surface area contributed by atoms with Crippen molar-refractivity contribution in [1.29, 1.82) is 0 Å². The van der Waals surface area contributed by atoms with E-state index in [0.717, 1.165) is 0 Å². The van der Waals surface area contributed by atoms with Crippen LogP contribution in [0.5, 0.6) is 0 Å². The summed E-state index contributed by atoms with van der Waals surface area (Å²) in [5, 5.41) is 2.64. The molecule has 1 aromatic rings. The van der Waals surface area contributed by atoms with Crippen molar-refractivity contribution in [2.75, 3.05) is 57.8 Å². The number of benzene rings is 1. The Morgan fingerprint density at radius 3 is 2.29 bits per heavy atom. The Bertz CT molecular complexity index is 783. The van der Waals surface area contributed by atoms with Gasteiger partial charge in [-0.25, -0.2) is 4.79 Å². The molecule has 0 radical (unpaired) electrons. The number of nitrogens with one attached hydrogen (secondary N) is 1. The average Bonchev–Trinajstić information content (AvgIpc) is 2.70. The van der Waals surface area contributed by atoms with Crippen LogP contribution in [0.3, 0.4) is 0 Å². The highest BCUT2D eigenvalue weighted by atomic mass is 32.2. The Morgan fingerprint density at radius 1 is 1.04 bits per heavy atom. The van der Waals surface area contributed by atoms with Crippen molar-refractivity contribution < 1.29 is 26.7 Å². The number of morpholine rings is 1. The van der Waals surface area contributed by atoms with Crippen molar-refractivity contribution in [3.8, 4) is 0 Å². The summed E-state index contributed by atoms with van der Waals surface area (Å²) < 4.78 is 58.6. The predicted octanol–water partition coefficient (Wildman–Crippen LogP) is 1.73. The first-order valence-electron chi connectivity index (χ1n) is 8.80. The number of hydrogen-bond donors (Lipinski definition) is 1. The smallest absolute Gasteiger partial charge is 0.321 e. The molecule has 2 amide bonds. The summed E-state index contributed by atoms with van der Waals surface area (Å²) in [5.41, 5.74) is 0.307. The van der Waals surface area contributed by atoms with E-state index < -0.39 is 22.0 Å². The van der Waals surface area contributed by atoms with E-state index in [4.69, 9.17) is 4.74 Å². The van der Waals surface area contributed by atoms with Crippen LogP contribution in [-0.4, -0.2) is 86.2 Å². The molecule has 0 unspecified atom stereocenters. The van der Waals surface area contributed by atoms with Crippen LogP contribution < -0.4 is 5.32 Å². The van der Waals surface area contributed by atoms with E-state index >= 15 is 0 Å². The summed E-state index contributed by atoms with van der Waals surface area (Å²) >= 11 is 0.363. The Morgan fingerprint density at radius 2 is 1.64 bits per heavy atom. The number of halogens is 2. The van der Waals surface area contributed by atoms with Crippen molar-refractivity contribution in [3.63, 3.8) is 0 Å². The van der Waals surface area contributed by atoms with E-state index in [1.807, 2.05) is 0 Å². The summed E-state index contributed by atoms with van der Waals surface area (Å²) in [4.78, 5) is 14.2. The van der Waals surface area contributed by atoms with E-state index in [2.05, 4.69) is 5.32 Å². The van der Waals surface area contributed by atoms with Crippen LogP contribution in [-0.2, 0) is 14.9 Å². The zero-order chi connectivity index (χ0) is 20.1. The molecule has 156 valence electrons. The van der Waals surface area contributed by atoms with Crippen LogP contribution in [0.4, 0.5) is 19.3 Å². The maximum Gasteiger partial charge on any atom is 0.321 e. The number of thioether (sulfide) groups is 1. The van der Waals surface area contributed by atoms with Crippen LogP contribution in [0.15, 0.2) is 29.2 Å². The number of anilines is 1. The Kier molecular flexibility index (Phi) is 7.10. The number of urea groups is 1. The average molecular weight is 437 g/mol. The van der Waals surface area contributed by atoms with E-state index in [1.165, 1.54) is 19.6 Å². The summed E-state index contributed by atoms with van der Waals surface area (Å²) in [7, 11) is -3.57. The molecule has 12 heteroatoms. The normalized spacial score (nSPS) is 19.8. The van der Waals surface area contributed by atoms with Gasteiger partial charge in [-0.05, 0) is 12.1 Å². The van der Waals surface area contributed by atoms with Gasteiger partial charge in [0.1, 0.15) is 0 Å². The first-order valence-corrected chi connectivity index (χ1v) is 11.1. The SMILES string of the molecule is O=C(Nc1ccccc1SC(F)F)N1CCN(S(=O)(=O)N2CCOCC2)CC1. The highest BCUT2D eigenvalue weighted by Gasteiger charge is 2.34. The maximum atomic E-state index is 12.7. The minimum atomic E-state index is -3.57. The van der Waals surface area contributed by atoms with Crippen LogP contribution >= 0.6 is 11.8 Å². The van der Waals surface area contributed by atoms with Crippen LogP contribution in [0.2, 0.25) is 0 Å². The standard InChI is InChI=1S/C16H22F2N4O4S2/c17-15(18)27-14-4-2-1-3-13(14)19-16(23)20-5-7-21(8-6-20)28(24,25)22-9-11-26-12-10-22/h1-4,15H,5-12H2,(H,19,23). The number of para-hydroxylation sites is 1. The minimum Gasteiger partial charge on any atom is -0.379 e. The highest BCUT2D eigenvalue weighted by Crippen LogP contribution is 2.31. The second-order valence-electron chi connectivity index (χ2n) is 6.21. The molecule has 28 heavy (non-hydrogen) atoms. The first-order chi connectivity index (χ1) is 13.4. The summed E-state index contributed by atoms with van der Waals surface area (Å²) in [6.45, 7) is 2.19. The third-order valence-electron chi connectivity index (χ3n) is 4.49. The van der Waals surface area contributed by atoms with Gasteiger partial charge in [0.2, 0.25) is 0 Å². The Hall–Kier alpha value is -1.47. The molecule has 3 rings (SSSR count). The molecule has 2 saturated heterocycles. The van der Waals surface area contributed by atoms with Gasteiger partial charge >= 0.3 is 6.03 Å². The zero-order valence-corrected chi connectivity index (χ0v) is 16.7. The lowest BCUT2D eigenvalue weighted by Gasteiger charge is -2.37. The van der Waals surface area contributed by atoms with Crippen molar-refractivity contribution in [1.82, 2.24) is 13.5 Å². The van der Waals surface area contributed by atoms with E-state index in [-0.39, 0.29) is 31.1 Å². The number of hydrogen-bond acceptors (Lipinski definition) is 5. The zero-order valence-electron chi connectivity index (χ0n) is 15.1. The largest absolute Gasteiger partial charge is 0.379 e. The monoisotopic (exact) mass is 436 g/mol. The summed E-state index contributed by atoms with van der Waals surface area (Å²) in [6.07, 6.45) is 0. The molecule has 2 aliphatic rings. The van der Waals surface area contributed by atoms with E-state index in [0.29, 0.717) is 43.8 Å². The van der Waals surface area contributed by atoms with Gasteiger partial charge in [0.15, 0.2) is 0 Å². The third-order valence-corrected chi connectivity index (χ3v) is 7.32. The predicted molar refractivity (Wildman–Crippen MR) is 102 cm³/mol. The molecule has 2 aliphatic heterocycles. The van der Waals surface area contributed by atoms with E-state index in [1.54, 1.807) is 18.2 Å². The number of piperazine rings is 1. The molecule has 0 atom stereocenters. The van der Waals surface area contributed by atoms with Crippen molar-refractivity contribution in [2.45, 2.75) is 10.7 Å². The fraction of sp³-hybridized carbons (Fsp3) is 0.562. The lowest BCUT2D eigenvalue weighted by molar-refractivity contribution is 0.0691. The summed E-state index contributed by atoms with van der Waals surface area (Å²) in [6, 6.07) is 5.90. The topological polar surface area (TPSA) is 82.2 Å². The lowest BCUT2D eigenvalue weighted by Crippen LogP contribution is -2.56. The van der Waals surface area contributed by atoms with Gasteiger partial charge in [-0.3, -0.25) is 0 Å². The molecular formula is C16H22F2N4O4S2. The number of nitrogens with zero attached hydrogens (tertiary/aromatic N) is 3. The van der Waals surface area contributed by atoms with Gasteiger partial charge < -0.3 is 15.0 Å². The number of alkyl halides is 2. The molecule has 0 spiro atoms. The van der Waals surface area contributed by atoms with Crippen molar-refractivity contribution in [2.24, 2.45) is 0 Å². The van der Waals surface area contributed by atoms with Gasteiger partial charge in [-0.1, -0.05) is 23.9 Å². The molecule has 2 fully saturated rings. The maximum absolute atomic E-state index is 12.7. The minimum absolute atomic E-state index is 0.181. The first kappa shape index (κ1) is 21.2. The molecule has 2 heterocycles. The second-order valence-corrected chi connectivity index (χ2v) is 9.17. The fourth-order valence-corrected chi connectivity index (χ4v) is 5.18. The van der Waals surface area contributed by atoms with Gasteiger partial charge in [0, 0.05) is 44.2 Å². The number of ether oxygens (including phenoxy) is 1. The van der Waals surface area contributed by atoms with Gasteiger partial charge in [-0.2, -0.15) is 25.8 Å². The third kappa shape index (κ3) is 5.11. The number of rotatable bonds is 5. The number of carbonyl (C=O) groups excluding carboxylic acids is 1. The van der Waals surface area contributed by atoms with E-state index in [9.17, 15) is 22.0 Å². The molecular weight excluding hydrogens is 414 g/mol. The van der Waals surface area contributed by atoms with Crippen LogP contribution in [0, 0.1) is 0 Å². The molecule has 1 N–H and O–H groups in total. The van der Waals surface area contributed by atoms with Crippen LogP contribution in [0.1, 0.15) is 0 Å². The molecule has 0 saturated carbocycles. The quantitative estimate of drug-likeness (QED) is 0.711. The number of amides is 2. The fourth-order valence-electron chi connectivity index (χ4n) is 3.03. The molecule has 0 aliphatic carbocycles. The Labute approximate surface area is 167 Å². The molecule has 1 aromatic carbocycles. The molecule has 0 bridgehead atoms. The molecule has 8 nitrogen and oxygen atoms in total. The van der Waals surface area contributed by atoms with Gasteiger partial charge in [-0.15, -0.1) is 0 Å². The second kappa shape index (κ2) is 9.35. The summed E-state index contributed by atoms with van der Waals surface area (Å²) in [5.74, 6) is -2.59. The van der Waals surface area contributed by atoms with Gasteiger partial charge in [0.25, 0.3) is 16.0 Å². The Balaban J connectivity index is 1.57.